The molecule has 0 atom stereocenters. The van der Waals surface area contributed by atoms with Crippen LogP contribution in [0.5, 0.6) is 5.75 Å². The van der Waals surface area contributed by atoms with Gasteiger partial charge in [0.15, 0.2) is 0 Å². The van der Waals surface area contributed by atoms with E-state index in [0.29, 0.717) is 6.61 Å². The Morgan fingerprint density at radius 3 is 2.85 bits per heavy atom. The van der Waals surface area contributed by atoms with Gasteiger partial charge in [-0.3, -0.25) is 0 Å². The van der Waals surface area contributed by atoms with Gasteiger partial charge in [-0.05, 0) is 25.5 Å². The van der Waals surface area contributed by atoms with Crippen LogP contribution in [0.2, 0.25) is 0 Å². The zero-order chi connectivity index (χ0) is 13.9. The molecule has 5 heteroatoms. The fourth-order valence-corrected chi connectivity index (χ4v) is 3.12. The van der Waals surface area contributed by atoms with Gasteiger partial charge >= 0.3 is 0 Å². The van der Waals surface area contributed by atoms with Crippen LogP contribution >= 0.6 is 11.3 Å². The number of aromatic nitrogens is 3. The van der Waals surface area contributed by atoms with Gasteiger partial charge in [0.05, 0.1) is 18.5 Å². The number of nitrogens with zero attached hydrogens (tertiary/aromatic N) is 3. The fourth-order valence-electron chi connectivity index (χ4n) is 2.15. The number of rotatable bonds is 5. The molecule has 20 heavy (non-hydrogen) atoms. The van der Waals surface area contributed by atoms with Crippen LogP contribution in [0.1, 0.15) is 25.3 Å². The van der Waals surface area contributed by atoms with Crippen molar-refractivity contribution in [1.82, 2.24) is 14.6 Å². The molecule has 3 aromatic rings. The smallest absolute Gasteiger partial charge is 0.212 e. The van der Waals surface area contributed by atoms with E-state index in [1.165, 1.54) is 0 Å². The Morgan fingerprint density at radius 2 is 2.10 bits per heavy atom. The maximum atomic E-state index is 5.66. The van der Waals surface area contributed by atoms with Gasteiger partial charge in [-0.2, -0.15) is 5.10 Å². The third-order valence-corrected chi connectivity index (χ3v) is 3.99. The van der Waals surface area contributed by atoms with E-state index in [1.54, 1.807) is 11.3 Å². The van der Waals surface area contributed by atoms with Crippen molar-refractivity contribution < 1.29 is 4.74 Å². The molecule has 1 aromatic carbocycles. The molecule has 0 aliphatic heterocycles. The lowest BCUT2D eigenvalue weighted by atomic mass is 10.1. The molecule has 2 aromatic heterocycles. The summed E-state index contributed by atoms with van der Waals surface area (Å²) in [7, 11) is 0. The summed E-state index contributed by atoms with van der Waals surface area (Å²) in [6.45, 7) is 4.80. The van der Waals surface area contributed by atoms with Gasteiger partial charge in [0.2, 0.25) is 4.96 Å². The number of hydrogen-bond donors (Lipinski definition) is 0. The first-order valence-electron chi connectivity index (χ1n) is 6.89. The Hall–Kier alpha value is -1.88. The molecule has 0 amide bonds. The molecule has 0 aliphatic rings. The zero-order valence-electron chi connectivity index (χ0n) is 11.7. The van der Waals surface area contributed by atoms with E-state index in [-0.39, 0.29) is 0 Å². The first-order valence-corrected chi connectivity index (χ1v) is 7.70. The molecule has 0 spiro atoms. The Balaban J connectivity index is 2.00. The first kappa shape index (κ1) is 13.1. The molecule has 4 nitrogen and oxygen atoms in total. The third-order valence-electron chi connectivity index (χ3n) is 3.01. The van der Waals surface area contributed by atoms with Gasteiger partial charge in [-0.25, -0.2) is 9.50 Å². The summed E-state index contributed by atoms with van der Waals surface area (Å²) in [6.07, 6.45) is 4.10. The van der Waals surface area contributed by atoms with Crippen LogP contribution in [0.3, 0.4) is 0 Å². The van der Waals surface area contributed by atoms with Crippen molar-refractivity contribution in [3.8, 4) is 17.0 Å². The Morgan fingerprint density at radius 1 is 1.25 bits per heavy atom. The lowest BCUT2D eigenvalue weighted by molar-refractivity contribution is 0.341. The Kier molecular flexibility index (Phi) is 3.69. The van der Waals surface area contributed by atoms with E-state index < -0.39 is 0 Å². The third kappa shape index (κ3) is 2.41. The minimum Gasteiger partial charge on any atom is -0.493 e. The van der Waals surface area contributed by atoms with Gasteiger partial charge in [0, 0.05) is 12.0 Å². The van der Waals surface area contributed by atoms with Gasteiger partial charge in [0.1, 0.15) is 10.8 Å². The van der Waals surface area contributed by atoms with Crippen molar-refractivity contribution in [3.05, 3.63) is 35.5 Å². The number of para-hydroxylation sites is 1. The van der Waals surface area contributed by atoms with Crippen molar-refractivity contribution in [2.24, 2.45) is 0 Å². The highest BCUT2D eigenvalue weighted by molar-refractivity contribution is 7.16. The second-order valence-electron chi connectivity index (χ2n) is 4.53. The summed E-state index contributed by atoms with van der Waals surface area (Å²) in [6, 6.07) is 7.98. The van der Waals surface area contributed by atoms with Crippen LogP contribution < -0.4 is 4.74 Å². The van der Waals surface area contributed by atoms with Crippen molar-refractivity contribution >= 4 is 16.3 Å². The molecule has 0 fully saturated rings. The van der Waals surface area contributed by atoms with Crippen LogP contribution in [-0.4, -0.2) is 21.2 Å². The Labute approximate surface area is 122 Å². The highest BCUT2D eigenvalue weighted by Crippen LogP contribution is 2.30. The highest BCUT2D eigenvalue weighted by Gasteiger charge is 2.12. The van der Waals surface area contributed by atoms with Gasteiger partial charge in [-0.15, -0.1) is 0 Å². The molecule has 0 aliphatic carbocycles. The zero-order valence-corrected chi connectivity index (χ0v) is 12.5. The maximum absolute atomic E-state index is 5.66. The van der Waals surface area contributed by atoms with Crippen molar-refractivity contribution in [2.45, 2.75) is 26.7 Å². The van der Waals surface area contributed by atoms with Crippen molar-refractivity contribution in [1.29, 1.82) is 0 Å². The monoisotopic (exact) mass is 287 g/mol. The number of ether oxygens (including phenoxy) is 1. The molecular formula is C15H17N3OS. The first-order chi connectivity index (χ1) is 9.81. The lowest BCUT2D eigenvalue weighted by Gasteiger charge is -2.07. The van der Waals surface area contributed by atoms with Crippen molar-refractivity contribution in [3.63, 3.8) is 0 Å². The molecule has 0 saturated heterocycles. The molecule has 0 bridgehead atoms. The number of imidazole rings is 1. The average molecular weight is 287 g/mol. The summed E-state index contributed by atoms with van der Waals surface area (Å²) in [5.74, 6) is 0.870. The number of benzene rings is 1. The second-order valence-corrected chi connectivity index (χ2v) is 5.57. The lowest BCUT2D eigenvalue weighted by Crippen LogP contribution is -1.93. The normalized spacial score (nSPS) is 11.1. The maximum Gasteiger partial charge on any atom is 0.212 e. The summed E-state index contributed by atoms with van der Waals surface area (Å²) >= 11 is 1.66. The highest BCUT2D eigenvalue weighted by atomic mass is 32.1. The molecule has 0 unspecified atom stereocenters. The molecule has 0 N–H and O–H groups in total. The molecule has 0 saturated carbocycles. The van der Waals surface area contributed by atoms with Crippen LogP contribution in [0.15, 0.2) is 30.5 Å². The summed E-state index contributed by atoms with van der Waals surface area (Å²) < 4.78 is 7.53. The van der Waals surface area contributed by atoms with Gasteiger partial charge in [-0.1, -0.05) is 30.4 Å². The number of fused-ring (bicyclic) bond motifs is 1. The van der Waals surface area contributed by atoms with E-state index in [9.17, 15) is 0 Å². The predicted molar refractivity (Wildman–Crippen MR) is 81.5 cm³/mol. The van der Waals surface area contributed by atoms with E-state index in [0.717, 1.165) is 39.8 Å². The molecule has 104 valence electrons. The summed E-state index contributed by atoms with van der Waals surface area (Å²) in [5.41, 5.74) is 1.93. The van der Waals surface area contributed by atoms with Crippen molar-refractivity contribution in [2.75, 3.05) is 6.61 Å². The summed E-state index contributed by atoms with van der Waals surface area (Å²) in [5, 5.41) is 5.69. The van der Waals surface area contributed by atoms with Crippen LogP contribution in [-0.2, 0) is 6.42 Å². The SMILES string of the molecule is CCCc1nn2cc(-c3ccccc3OCC)nc2s1. The number of aryl methyl sites for hydroxylation is 1. The predicted octanol–water partition coefficient (Wildman–Crippen LogP) is 3.81. The van der Waals surface area contributed by atoms with E-state index in [1.807, 2.05) is 41.9 Å². The van der Waals surface area contributed by atoms with Gasteiger partial charge in [0.25, 0.3) is 0 Å². The molecule has 2 heterocycles. The molecular weight excluding hydrogens is 270 g/mol. The fraction of sp³-hybridized carbons (Fsp3) is 0.333. The van der Waals surface area contributed by atoms with Crippen LogP contribution in [0.25, 0.3) is 16.2 Å². The van der Waals surface area contributed by atoms with Gasteiger partial charge < -0.3 is 4.74 Å². The standard InChI is InChI=1S/C15H17N3OS/c1-3-7-14-17-18-10-12(16-15(18)20-14)11-8-5-6-9-13(11)19-4-2/h5-6,8-10H,3-4,7H2,1-2H3. The minimum absolute atomic E-state index is 0.651. The minimum atomic E-state index is 0.651. The van der Waals surface area contributed by atoms with E-state index >= 15 is 0 Å². The Bertz CT molecular complexity index is 685. The average Bonchev–Trinajstić information content (AvgIpc) is 2.98. The second kappa shape index (κ2) is 5.63. The quantitative estimate of drug-likeness (QED) is 0.716. The molecule has 3 rings (SSSR count). The molecule has 0 radical (unpaired) electrons. The summed E-state index contributed by atoms with van der Waals surface area (Å²) in [4.78, 5) is 5.61. The largest absolute Gasteiger partial charge is 0.493 e. The van der Waals surface area contributed by atoms with Crippen LogP contribution in [0.4, 0.5) is 0 Å². The number of hydrogen-bond acceptors (Lipinski definition) is 4. The topological polar surface area (TPSA) is 39.4 Å². The van der Waals surface area contributed by atoms with E-state index in [4.69, 9.17) is 4.74 Å². The van der Waals surface area contributed by atoms with Crippen LogP contribution in [0, 0.1) is 0 Å². The van der Waals surface area contributed by atoms with E-state index in [2.05, 4.69) is 17.0 Å².